The van der Waals surface area contributed by atoms with Crippen molar-refractivity contribution in [3.63, 3.8) is 0 Å². The van der Waals surface area contributed by atoms with Crippen LogP contribution < -0.4 is 5.32 Å². The van der Waals surface area contributed by atoms with Crippen LogP contribution in [0.2, 0.25) is 0 Å². The molecule has 0 unspecified atom stereocenters. The average Bonchev–Trinajstić information content (AvgIpc) is 2.14. The standard InChI is InChI=1S/C12H16BrNO2/c1-7(2)6-14-11-9(12(15)16)4-8(3)5-10(11)13/h4-5,7,14H,6H2,1-3H3,(H,15,16). The molecule has 0 heterocycles. The molecule has 2 N–H and O–H groups in total. The molecule has 0 saturated heterocycles. The van der Waals surface area contributed by atoms with Gasteiger partial charge < -0.3 is 10.4 Å². The number of rotatable bonds is 4. The van der Waals surface area contributed by atoms with Crippen molar-refractivity contribution in [3.05, 3.63) is 27.7 Å². The van der Waals surface area contributed by atoms with E-state index in [-0.39, 0.29) is 0 Å². The van der Waals surface area contributed by atoms with Crippen LogP contribution in [0.4, 0.5) is 5.69 Å². The fourth-order valence-electron chi connectivity index (χ4n) is 1.40. The van der Waals surface area contributed by atoms with Gasteiger partial charge in [0.05, 0.1) is 11.3 Å². The molecule has 88 valence electrons. The molecule has 0 amide bonds. The fourth-order valence-corrected chi connectivity index (χ4v) is 2.11. The van der Waals surface area contributed by atoms with Crippen molar-refractivity contribution in [1.82, 2.24) is 0 Å². The number of benzene rings is 1. The molecule has 0 atom stereocenters. The molecule has 0 spiro atoms. The zero-order chi connectivity index (χ0) is 12.3. The second-order valence-electron chi connectivity index (χ2n) is 4.25. The van der Waals surface area contributed by atoms with Crippen LogP contribution in [0.25, 0.3) is 0 Å². The first kappa shape index (κ1) is 13.0. The molecule has 0 bridgehead atoms. The number of nitrogens with one attached hydrogen (secondary N) is 1. The summed E-state index contributed by atoms with van der Waals surface area (Å²) in [5, 5.41) is 12.3. The Morgan fingerprint density at radius 3 is 2.62 bits per heavy atom. The highest BCUT2D eigenvalue weighted by Crippen LogP contribution is 2.28. The first-order chi connectivity index (χ1) is 7.41. The van der Waals surface area contributed by atoms with E-state index in [4.69, 9.17) is 5.11 Å². The molecule has 0 fully saturated rings. The van der Waals surface area contributed by atoms with E-state index in [1.807, 2.05) is 13.0 Å². The second kappa shape index (κ2) is 5.34. The van der Waals surface area contributed by atoms with Gasteiger partial charge in [0.15, 0.2) is 0 Å². The third kappa shape index (κ3) is 3.23. The summed E-state index contributed by atoms with van der Waals surface area (Å²) in [4.78, 5) is 11.1. The zero-order valence-corrected chi connectivity index (χ0v) is 11.3. The van der Waals surface area contributed by atoms with Gasteiger partial charge in [0, 0.05) is 11.0 Å². The molecule has 0 aliphatic rings. The Morgan fingerprint density at radius 1 is 1.50 bits per heavy atom. The monoisotopic (exact) mass is 285 g/mol. The second-order valence-corrected chi connectivity index (χ2v) is 5.10. The average molecular weight is 286 g/mol. The van der Waals surface area contributed by atoms with Gasteiger partial charge in [-0.3, -0.25) is 0 Å². The minimum atomic E-state index is -0.907. The van der Waals surface area contributed by atoms with Crippen LogP contribution in [0, 0.1) is 12.8 Å². The molecule has 0 radical (unpaired) electrons. The highest BCUT2D eigenvalue weighted by molar-refractivity contribution is 9.10. The predicted octanol–water partition coefficient (Wildman–Crippen LogP) is 3.52. The largest absolute Gasteiger partial charge is 0.478 e. The Balaban J connectivity index is 3.09. The van der Waals surface area contributed by atoms with Crippen LogP contribution in [0.5, 0.6) is 0 Å². The minimum absolute atomic E-state index is 0.313. The zero-order valence-electron chi connectivity index (χ0n) is 9.67. The maximum Gasteiger partial charge on any atom is 0.337 e. The number of carboxylic acids is 1. The van der Waals surface area contributed by atoms with Crippen molar-refractivity contribution >= 4 is 27.6 Å². The molecule has 3 nitrogen and oxygen atoms in total. The molecule has 1 aromatic carbocycles. The number of hydrogen-bond acceptors (Lipinski definition) is 2. The lowest BCUT2D eigenvalue weighted by Gasteiger charge is -2.14. The topological polar surface area (TPSA) is 49.3 Å². The summed E-state index contributed by atoms with van der Waals surface area (Å²) in [6.45, 7) is 6.79. The van der Waals surface area contributed by atoms with Crippen molar-refractivity contribution < 1.29 is 9.90 Å². The molecule has 1 aromatic rings. The number of hydrogen-bond donors (Lipinski definition) is 2. The lowest BCUT2D eigenvalue weighted by Crippen LogP contribution is -2.12. The number of carbonyl (C=O) groups is 1. The maximum atomic E-state index is 11.1. The van der Waals surface area contributed by atoms with Crippen LogP contribution in [-0.2, 0) is 0 Å². The van der Waals surface area contributed by atoms with Gasteiger partial charge in [-0.05, 0) is 46.5 Å². The summed E-state index contributed by atoms with van der Waals surface area (Å²) < 4.78 is 0.797. The van der Waals surface area contributed by atoms with E-state index < -0.39 is 5.97 Å². The van der Waals surface area contributed by atoms with Crippen LogP contribution in [-0.4, -0.2) is 17.6 Å². The predicted molar refractivity (Wildman–Crippen MR) is 69.2 cm³/mol. The normalized spacial score (nSPS) is 10.6. The molecule has 1 rings (SSSR count). The Morgan fingerprint density at radius 2 is 2.12 bits per heavy atom. The molecule has 0 aromatic heterocycles. The molecule has 4 heteroatoms. The minimum Gasteiger partial charge on any atom is -0.478 e. The van der Waals surface area contributed by atoms with E-state index >= 15 is 0 Å². The van der Waals surface area contributed by atoms with Gasteiger partial charge in [-0.1, -0.05) is 13.8 Å². The van der Waals surface area contributed by atoms with E-state index in [9.17, 15) is 4.79 Å². The first-order valence-electron chi connectivity index (χ1n) is 5.19. The van der Waals surface area contributed by atoms with Crippen LogP contribution in [0.1, 0.15) is 29.8 Å². The molecular weight excluding hydrogens is 270 g/mol. The van der Waals surface area contributed by atoms with Crippen molar-refractivity contribution in [3.8, 4) is 0 Å². The Bertz CT molecular complexity index is 402. The summed E-state index contributed by atoms with van der Waals surface area (Å²) in [6, 6.07) is 3.59. The van der Waals surface area contributed by atoms with Gasteiger partial charge in [-0.2, -0.15) is 0 Å². The van der Waals surface area contributed by atoms with E-state index in [0.717, 1.165) is 16.6 Å². The number of carboxylic acid groups (broad SMARTS) is 1. The van der Waals surface area contributed by atoms with Crippen LogP contribution in [0.15, 0.2) is 16.6 Å². The molecule has 0 aliphatic heterocycles. The summed E-state index contributed by atoms with van der Waals surface area (Å²) in [5.41, 5.74) is 1.90. The van der Waals surface area contributed by atoms with Crippen LogP contribution in [0.3, 0.4) is 0 Å². The third-order valence-electron chi connectivity index (χ3n) is 2.15. The number of anilines is 1. The molecular formula is C12H16BrNO2. The van der Waals surface area contributed by atoms with E-state index in [1.54, 1.807) is 6.07 Å². The van der Waals surface area contributed by atoms with Gasteiger partial charge in [0.1, 0.15) is 0 Å². The molecule has 0 aliphatic carbocycles. The lowest BCUT2D eigenvalue weighted by molar-refractivity contribution is 0.0697. The Hall–Kier alpha value is -1.03. The molecule has 16 heavy (non-hydrogen) atoms. The fraction of sp³-hybridized carbons (Fsp3) is 0.417. The summed E-state index contributed by atoms with van der Waals surface area (Å²) in [5.74, 6) is -0.439. The third-order valence-corrected chi connectivity index (χ3v) is 2.78. The number of aromatic carboxylic acids is 1. The van der Waals surface area contributed by atoms with Crippen molar-refractivity contribution in [1.29, 1.82) is 0 Å². The SMILES string of the molecule is Cc1cc(Br)c(NCC(C)C)c(C(=O)O)c1. The van der Waals surface area contributed by atoms with Crippen molar-refractivity contribution in [2.75, 3.05) is 11.9 Å². The highest BCUT2D eigenvalue weighted by Gasteiger charge is 2.14. The summed E-state index contributed by atoms with van der Waals surface area (Å²) in [7, 11) is 0. The Kier molecular flexibility index (Phi) is 4.35. The van der Waals surface area contributed by atoms with Crippen molar-refractivity contribution in [2.24, 2.45) is 5.92 Å². The van der Waals surface area contributed by atoms with Gasteiger partial charge in [0.2, 0.25) is 0 Å². The highest BCUT2D eigenvalue weighted by atomic mass is 79.9. The van der Waals surface area contributed by atoms with E-state index in [2.05, 4.69) is 35.1 Å². The lowest BCUT2D eigenvalue weighted by atomic mass is 10.1. The smallest absolute Gasteiger partial charge is 0.337 e. The van der Waals surface area contributed by atoms with E-state index in [0.29, 0.717) is 17.2 Å². The van der Waals surface area contributed by atoms with Gasteiger partial charge in [0.25, 0.3) is 0 Å². The first-order valence-corrected chi connectivity index (χ1v) is 5.98. The van der Waals surface area contributed by atoms with E-state index in [1.165, 1.54) is 0 Å². The van der Waals surface area contributed by atoms with Gasteiger partial charge >= 0.3 is 5.97 Å². The van der Waals surface area contributed by atoms with Crippen molar-refractivity contribution in [2.45, 2.75) is 20.8 Å². The number of halogens is 1. The van der Waals surface area contributed by atoms with Gasteiger partial charge in [-0.15, -0.1) is 0 Å². The Labute approximate surface area is 104 Å². The quantitative estimate of drug-likeness (QED) is 0.890. The summed E-state index contributed by atoms with van der Waals surface area (Å²) in [6.07, 6.45) is 0. The maximum absolute atomic E-state index is 11.1. The number of aryl methyl sites for hydroxylation is 1. The van der Waals surface area contributed by atoms with Gasteiger partial charge in [-0.25, -0.2) is 4.79 Å². The van der Waals surface area contributed by atoms with Crippen LogP contribution >= 0.6 is 15.9 Å². The summed E-state index contributed by atoms with van der Waals surface area (Å²) >= 11 is 3.39. The molecule has 0 saturated carbocycles.